The van der Waals surface area contributed by atoms with Crippen LogP contribution in [0.1, 0.15) is 11.1 Å². The number of hydrogen-bond donors (Lipinski definition) is 0. The zero-order valence-corrected chi connectivity index (χ0v) is 13.5. The fraction of sp³-hybridized carbons (Fsp3) is 0.143. The van der Waals surface area contributed by atoms with E-state index in [0.717, 1.165) is 0 Å². The van der Waals surface area contributed by atoms with Crippen LogP contribution < -0.4 is 0 Å². The van der Waals surface area contributed by atoms with Crippen molar-refractivity contribution in [2.45, 2.75) is 8.87 Å². The molecule has 0 heterocycles. The fourth-order valence-corrected chi connectivity index (χ4v) is 10.3. The van der Waals surface area contributed by atoms with Gasteiger partial charge in [0.15, 0.2) is 0 Å². The average molecular weight is 381 g/mol. The quantitative estimate of drug-likeness (QED) is 0.705. The minimum atomic E-state index is -1.41. The first-order valence-corrected chi connectivity index (χ1v) is 15.9. The summed E-state index contributed by atoms with van der Waals surface area (Å²) < 4.78 is 2.55. The molecule has 2 aromatic carbocycles. The van der Waals surface area contributed by atoms with Crippen LogP contribution in [0.5, 0.6) is 0 Å². The monoisotopic (exact) mass is 381 g/mol. The van der Waals surface area contributed by atoms with Crippen LogP contribution >= 0.6 is 12.7 Å². The van der Waals surface area contributed by atoms with E-state index >= 15 is 0 Å². The first kappa shape index (κ1) is 12.2. The molecular formula is C14H14BrSn. The number of benzene rings is 2. The Morgan fingerprint density at radius 2 is 1.06 bits per heavy atom. The maximum atomic E-state index is 3.95. The van der Waals surface area contributed by atoms with Crippen molar-refractivity contribution < 1.29 is 0 Å². The molecule has 0 bridgehead atoms. The van der Waals surface area contributed by atoms with Crippen molar-refractivity contribution in [3.63, 3.8) is 0 Å². The molecule has 2 rings (SSSR count). The molecule has 0 aliphatic rings. The van der Waals surface area contributed by atoms with Gasteiger partial charge in [0.25, 0.3) is 0 Å². The van der Waals surface area contributed by atoms with E-state index in [0.29, 0.717) is 0 Å². The van der Waals surface area contributed by atoms with Gasteiger partial charge in [-0.2, -0.15) is 0 Å². The molecule has 0 N–H and O–H groups in total. The van der Waals surface area contributed by atoms with E-state index in [4.69, 9.17) is 0 Å². The first-order valence-electron chi connectivity index (χ1n) is 5.42. The van der Waals surface area contributed by atoms with Crippen molar-refractivity contribution in [3.05, 3.63) is 71.8 Å². The second-order valence-electron chi connectivity index (χ2n) is 3.84. The van der Waals surface area contributed by atoms with Gasteiger partial charge in [-0.15, -0.1) is 0 Å². The number of hydrogen-bond acceptors (Lipinski definition) is 0. The summed E-state index contributed by atoms with van der Waals surface area (Å²) in [6, 6.07) is 21.6. The van der Waals surface area contributed by atoms with E-state index < -0.39 is 17.5 Å². The predicted molar refractivity (Wildman–Crippen MR) is 75.0 cm³/mol. The molecule has 81 valence electrons. The second kappa shape index (κ2) is 6.45. The van der Waals surface area contributed by atoms with Crippen LogP contribution in [0.3, 0.4) is 0 Å². The van der Waals surface area contributed by atoms with E-state index in [-0.39, 0.29) is 0 Å². The molecule has 0 unspecified atom stereocenters. The molecule has 0 saturated heterocycles. The Bertz CT molecular complexity index is 372. The van der Waals surface area contributed by atoms with Gasteiger partial charge in [-0.1, -0.05) is 0 Å². The van der Waals surface area contributed by atoms with Gasteiger partial charge < -0.3 is 0 Å². The molecule has 0 aliphatic carbocycles. The molecule has 0 atom stereocenters. The standard InChI is InChI=1S/2C7H7.BrH.Sn/c2*1-7-5-3-2-4-6-7;;/h2*2-6H,1H2;1H;/q;;;+1/p-1. The van der Waals surface area contributed by atoms with Gasteiger partial charge >= 0.3 is 111 Å². The molecule has 2 aromatic rings. The molecule has 0 saturated carbocycles. The molecule has 0 nitrogen and oxygen atoms in total. The van der Waals surface area contributed by atoms with Gasteiger partial charge in [0, 0.05) is 0 Å². The summed E-state index contributed by atoms with van der Waals surface area (Å²) in [6.45, 7) is 0. The Balaban J connectivity index is 1.92. The number of rotatable bonds is 4. The molecule has 2 heteroatoms. The molecule has 0 spiro atoms. The Morgan fingerprint density at radius 3 is 1.44 bits per heavy atom. The van der Waals surface area contributed by atoms with Crippen LogP contribution in [-0.2, 0) is 8.87 Å². The van der Waals surface area contributed by atoms with Crippen LogP contribution in [0.4, 0.5) is 0 Å². The minimum absolute atomic E-state index is 1.28. The van der Waals surface area contributed by atoms with Crippen molar-refractivity contribution in [1.29, 1.82) is 0 Å². The van der Waals surface area contributed by atoms with E-state index in [2.05, 4.69) is 73.4 Å². The first-order chi connectivity index (χ1) is 7.84. The summed E-state index contributed by atoms with van der Waals surface area (Å²) in [5.74, 6) is 0. The van der Waals surface area contributed by atoms with Crippen LogP contribution in [0, 0.1) is 0 Å². The zero-order chi connectivity index (χ0) is 11.2. The summed E-state index contributed by atoms with van der Waals surface area (Å²) in [5, 5.41) is 0. The van der Waals surface area contributed by atoms with Crippen molar-refractivity contribution in [1.82, 2.24) is 0 Å². The normalized spacial score (nSPS) is 10.6. The van der Waals surface area contributed by atoms with Crippen LogP contribution in [0.15, 0.2) is 60.7 Å². The van der Waals surface area contributed by atoms with E-state index in [1.54, 1.807) is 0 Å². The molecule has 0 amide bonds. The average Bonchev–Trinajstić information content (AvgIpc) is 2.31. The third-order valence-corrected chi connectivity index (χ3v) is 10.8. The van der Waals surface area contributed by atoms with E-state index in [1.807, 2.05) is 0 Å². The molecule has 1 radical (unpaired) electrons. The Hall–Kier alpha value is -0.281. The van der Waals surface area contributed by atoms with Crippen molar-refractivity contribution in [2.75, 3.05) is 0 Å². The van der Waals surface area contributed by atoms with Crippen LogP contribution in [0.25, 0.3) is 0 Å². The molecule has 16 heavy (non-hydrogen) atoms. The Morgan fingerprint density at radius 1 is 0.688 bits per heavy atom. The summed E-state index contributed by atoms with van der Waals surface area (Å²) in [4.78, 5) is 0. The van der Waals surface area contributed by atoms with E-state index in [9.17, 15) is 0 Å². The summed E-state index contributed by atoms with van der Waals surface area (Å²) in [6.07, 6.45) is 0. The summed E-state index contributed by atoms with van der Waals surface area (Å²) in [5.41, 5.74) is 2.95. The van der Waals surface area contributed by atoms with Gasteiger partial charge in [-0.25, -0.2) is 0 Å². The van der Waals surface area contributed by atoms with Crippen LogP contribution in [-0.4, -0.2) is 17.5 Å². The summed E-state index contributed by atoms with van der Waals surface area (Å²) >= 11 is 2.54. The molecule has 0 fully saturated rings. The Kier molecular flexibility index (Phi) is 4.91. The summed E-state index contributed by atoms with van der Waals surface area (Å²) in [7, 11) is 0. The van der Waals surface area contributed by atoms with Gasteiger partial charge in [-0.05, 0) is 0 Å². The van der Waals surface area contributed by atoms with Gasteiger partial charge in [0.2, 0.25) is 0 Å². The second-order valence-corrected chi connectivity index (χ2v) is 16.3. The predicted octanol–water partition coefficient (Wildman–Crippen LogP) is 3.94. The molecule has 0 aromatic heterocycles. The van der Waals surface area contributed by atoms with Crippen molar-refractivity contribution in [2.24, 2.45) is 0 Å². The number of halogens is 1. The topological polar surface area (TPSA) is 0 Å². The van der Waals surface area contributed by atoms with Gasteiger partial charge in [0.1, 0.15) is 0 Å². The van der Waals surface area contributed by atoms with Gasteiger partial charge in [-0.3, -0.25) is 0 Å². The molecular weight excluding hydrogens is 367 g/mol. The fourth-order valence-electron chi connectivity index (χ4n) is 1.70. The molecule has 0 aliphatic heterocycles. The van der Waals surface area contributed by atoms with Crippen LogP contribution in [0.2, 0.25) is 0 Å². The van der Waals surface area contributed by atoms with Crippen molar-refractivity contribution in [3.8, 4) is 0 Å². The van der Waals surface area contributed by atoms with Gasteiger partial charge in [0.05, 0.1) is 0 Å². The maximum absolute atomic E-state index is 3.95. The van der Waals surface area contributed by atoms with Crippen molar-refractivity contribution >= 4 is 30.2 Å². The Labute approximate surface area is 110 Å². The SMILES string of the molecule is [Br][Sn]([CH2]c1ccccc1)[CH2]c1ccccc1. The third kappa shape index (κ3) is 3.94. The third-order valence-electron chi connectivity index (χ3n) is 2.48. The zero-order valence-electron chi connectivity index (χ0n) is 9.07. The van der Waals surface area contributed by atoms with E-state index in [1.165, 1.54) is 20.0 Å².